The van der Waals surface area contributed by atoms with E-state index in [1.54, 1.807) is 13.8 Å². The highest BCUT2D eigenvalue weighted by Gasteiger charge is 2.63. The molecule has 0 amide bonds. The molecule has 0 bridgehead atoms. The van der Waals surface area contributed by atoms with E-state index in [2.05, 4.69) is 0 Å². The molecule has 1 aliphatic carbocycles. The van der Waals surface area contributed by atoms with Crippen LogP contribution in [0.5, 0.6) is 0 Å². The third-order valence-corrected chi connectivity index (χ3v) is 3.11. The number of hydrogen-bond acceptors (Lipinski definition) is 4. The summed E-state index contributed by atoms with van der Waals surface area (Å²) in [5.74, 6) is -0.943. The fraction of sp³-hybridized carbons (Fsp3) is 0.750. The minimum absolute atomic E-state index is 0.0975. The number of carbonyl (C=O) groups is 1. The Kier molecular flexibility index (Phi) is 2.49. The van der Waals surface area contributed by atoms with Gasteiger partial charge in [-0.3, -0.25) is 4.79 Å². The van der Waals surface area contributed by atoms with Crippen LogP contribution in [0.2, 0.25) is 0 Å². The Balaban J connectivity index is 2.42. The second-order valence-electron chi connectivity index (χ2n) is 5.25. The quantitative estimate of drug-likeness (QED) is 0.725. The highest BCUT2D eigenvalue weighted by Crippen LogP contribution is 2.45. The minimum atomic E-state index is -1.24. The van der Waals surface area contributed by atoms with Crippen molar-refractivity contribution in [3.8, 4) is 0 Å². The Morgan fingerprint density at radius 2 is 2.06 bits per heavy atom. The van der Waals surface area contributed by atoms with Gasteiger partial charge in [-0.05, 0) is 31.9 Å². The van der Waals surface area contributed by atoms with Crippen LogP contribution in [0.25, 0.3) is 0 Å². The molecule has 3 unspecified atom stereocenters. The minimum Gasteiger partial charge on any atom is -0.385 e. The lowest BCUT2D eigenvalue weighted by Gasteiger charge is -2.32. The van der Waals surface area contributed by atoms with Gasteiger partial charge in [0.2, 0.25) is 0 Å². The van der Waals surface area contributed by atoms with E-state index < -0.39 is 23.6 Å². The largest absolute Gasteiger partial charge is 0.385 e. The standard InChI is InChI=1S/C12H18O4/c1-7(2)10-12(16-11(3,4)15-10)8(13)5-6-9(12)14/h5-8,10,13H,1-4H3. The zero-order chi connectivity index (χ0) is 12.1. The van der Waals surface area contributed by atoms with E-state index in [0.29, 0.717) is 0 Å². The van der Waals surface area contributed by atoms with Gasteiger partial charge in [-0.25, -0.2) is 0 Å². The van der Waals surface area contributed by atoms with Crippen molar-refractivity contribution in [3.63, 3.8) is 0 Å². The Bertz CT molecular complexity index is 345. The molecule has 1 fully saturated rings. The Labute approximate surface area is 95.2 Å². The van der Waals surface area contributed by atoms with Gasteiger partial charge in [-0.2, -0.15) is 0 Å². The second-order valence-corrected chi connectivity index (χ2v) is 5.25. The maximum atomic E-state index is 12.0. The van der Waals surface area contributed by atoms with Crippen molar-refractivity contribution in [1.82, 2.24) is 0 Å². The van der Waals surface area contributed by atoms with Gasteiger partial charge >= 0.3 is 0 Å². The summed E-state index contributed by atoms with van der Waals surface area (Å²) in [5, 5.41) is 9.99. The third kappa shape index (κ3) is 1.44. The van der Waals surface area contributed by atoms with E-state index in [0.717, 1.165) is 0 Å². The monoisotopic (exact) mass is 226 g/mol. The number of aliphatic hydroxyl groups excluding tert-OH is 1. The molecule has 1 heterocycles. The molecule has 4 heteroatoms. The van der Waals surface area contributed by atoms with Crippen molar-refractivity contribution >= 4 is 5.78 Å². The van der Waals surface area contributed by atoms with Crippen LogP contribution in [0.3, 0.4) is 0 Å². The summed E-state index contributed by atoms with van der Waals surface area (Å²) in [7, 11) is 0. The molecule has 1 saturated heterocycles. The predicted molar refractivity (Wildman–Crippen MR) is 57.8 cm³/mol. The maximum absolute atomic E-state index is 12.0. The summed E-state index contributed by atoms with van der Waals surface area (Å²) < 4.78 is 11.5. The zero-order valence-electron chi connectivity index (χ0n) is 10.1. The molecular formula is C12H18O4. The molecule has 2 rings (SSSR count). The lowest BCUT2D eigenvalue weighted by molar-refractivity contribution is -0.180. The predicted octanol–water partition coefficient (Wildman–Crippen LogP) is 1.03. The Morgan fingerprint density at radius 1 is 1.44 bits per heavy atom. The second kappa shape index (κ2) is 3.39. The number of aliphatic hydroxyl groups is 1. The normalized spacial score (nSPS) is 41.5. The summed E-state index contributed by atoms with van der Waals surface area (Å²) in [6.45, 7) is 7.43. The summed E-state index contributed by atoms with van der Waals surface area (Å²) in [5.41, 5.74) is -1.24. The van der Waals surface area contributed by atoms with Crippen molar-refractivity contribution < 1.29 is 19.4 Å². The Hall–Kier alpha value is -0.710. The fourth-order valence-electron chi connectivity index (χ4n) is 2.53. The average Bonchev–Trinajstić information content (AvgIpc) is 2.59. The number of carbonyl (C=O) groups excluding carboxylic acids is 1. The van der Waals surface area contributed by atoms with E-state index >= 15 is 0 Å². The molecule has 4 nitrogen and oxygen atoms in total. The number of ether oxygens (including phenoxy) is 2. The van der Waals surface area contributed by atoms with E-state index in [4.69, 9.17) is 9.47 Å². The molecule has 0 saturated carbocycles. The van der Waals surface area contributed by atoms with Crippen LogP contribution >= 0.6 is 0 Å². The van der Waals surface area contributed by atoms with Crippen molar-refractivity contribution in [3.05, 3.63) is 12.2 Å². The van der Waals surface area contributed by atoms with Crippen molar-refractivity contribution in [1.29, 1.82) is 0 Å². The first-order chi connectivity index (χ1) is 7.29. The number of hydrogen-bond donors (Lipinski definition) is 1. The van der Waals surface area contributed by atoms with Gasteiger partial charge in [0.1, 0.15) is 12.2 Å². The van der Waals surface area contributed by atoms with E-state index in [-0.39, 0.29) is 11.7 Å². The number of rotatable bonds is 1. The molecule has 1 spiro atoms. The molecule has 1 N–H and O–H groups in total. The first-order valence-electron chi connectivity index (χ1n) is 5.58. The molecule has 0 aromatic carbocycles. The van der Waals surface area contributed by atoms with Gasteiger partial charge in [0.25, 0.3) is 0 Å². The fourth-order valence-corrected chi connectivity index (χ4v) is 2.53. The smallest absolute Gasteiger partial charge is 0.193 e. The molecule has 2 aliphatic rings. The lowest BCUT2D eigenvalue weighted by Crippen LogP contribution is -2.54. The molecular weight excluding hydrogens is 208 g/mol. The maximum Gasteiger partial charge on any atom is 0.193 e. The van der Waals surface area contributed by atoms with Crippen LogP contribution in [0.4, 0.5) is 0 Å². The van der Waals surface area contributed by atoms with Crippen LogP contribution in [-0.4, -0.2) is 34.5 Å². The van der Waals surface area contributed by atoms with Crippen LogP contribution in [0, 0.1) is 5.92 Å². The first kappa shape index (κ1) is 11.8. The summed E-state index contributed by atoms with van der Waals surface area (Å²) >= 11 is 0. The topological polar surface area (TPSA) is 55.8 Å². The third-order valence-electron chi connectivity index (χ3n) is 3.11. The summed E-state index contributed by atoms with van der Waals surface area (Å²) in [6, 6.07) is 0. The average molecular weight is 226 g/mol. The molecule has 16 heavy (non-hydrogen) atoms. The molecule has 0 aromatic rings. The summed E-state index contributed by atoms with van der Waals surface area (Å²) in [6.07, 6.45) is 1.52. The van der Waals surface area contributed by atoms with Crippen molar-refractivity contribution in [2.75, 3.05) is 0 Å². The number of ketones is 1. The Morgan fingerprint density at radius 3 is 2.50 bits per heavy atom. The van der Waals surface area contributed by atoms with Gasteiger partial charge in [0, 0.05) is 0 Å². The van der Waals surface area contributed by atoms with Gasteiger partial charge in [-0.1, -0.05) is 13.8 Å². The van der Waals surface area contributed by atoms with Gasteiger partial charge in [0.15, 0.2) is 17.2 Å². The molecule has 0 radical (unpaired) electrons. The van der Waals surface area contributed by atoms with Gasteiger partial charge in [-0.15, -0.1) is 0 Å². The van der Waals surface area contributed by atoms with Crippen molar-refractivity contribution in [2.24, 2.45) is 5.92 Å². The van der Waals surface area contributed by atoms with E-state index in [1.165, 1.54) is 12.2 Å². The zero-order valence-corrected chi connectivity index (χ0v) is 10.1. The summed E-state index contributed by atoms with van der Waals surface area (Å²) in [4.78, 5) is 12.0. The van der Waals surface area contributed by atoms with Crippen LogP contribution in [0.1, 0.15) is 27.7 Å². The van der Waals surface area contributed by atoms with Crippen LogP contribution in [0.15, 0.2) is 12.2 Å². The molecule has 90 valence electrons. The van der Waals surface area contributed by atoms with E-state index in [1.807, 2.05) is 13.8 Å². The highest BCUT2D eigenvalue weighted by molar-refractivity contribution is 6.01. The van der Waals surface area contributed by atoms with Crippen LogP contribution < -0.4 is 0 Å². The van der Waals surface area contributed by atoms with Crippen molar-refractivity contribution in [2.45, 2.75) is 51.3 Å². The molecule has 3 atom stereocenters. The van der Waals surface area contributed by atoms with Crippen LogP contribution in [-0.2, 0) is 14.3 Å². The van der Waals surface area contributed by atoms with Gasteiger partial charge in [0.05, 0.1) is 0 Å². The SMILES string of the molecule is CC(C)C1OC(C)(C)OC12C(=O)C=CC2O. The first-order valence-corrected chi connectivity index (χ1v) is 5.58. The van der Waals surface area contributed by atoms with E-state index in [9.17, 15) is 9.90 Å². The van der Waals surface area contributed by atoms with Gasteiger partial charge < -0.3 is 14.6 Å². The molecule has 1 aliphatic heterocycles. The molecule has 0 aromatic heterocycles. The highest BCUT2D eigenvalue weighted by atomic mass is 16.8. The lowest BCUT2D eigenvalue weighted by atomic mass is 9.84.